The normalized spacial score (nSPS) is 11.8. The minimum Gasteiger partial charge on any atom is -0.496 e. The van der Waals surface area contributed by atoms with Gasteiger partial charge in [-0.3, -0.25) is 0 Å². The number of nitrogens with zero attached hydrogens (tertiary/aromatic N) is 1. The van der Waals surface area contributed by atoms with Gasteiger partial charge in [0.1, 0.15) is 5.75 Å². The topological polar surface area (TPSA) is 12.5 Å². The molecule has 0 aromatic heterocycles. The maximum Gasteiger partial charge on any atom is 0.270 e. The zero-order chi connectivity index (χ0) is 17.7. The van der Waals surface area contributed by atoms with E-state index in [1.54, 1.807) is 19.2 Å². The summed E-state index contributed by atoms with van der Waals surface area (Å²) in [6, 6.07) is 12.8. The number of aryl methyl sites for hydroxylation is 1. The highest BCUT2D eigenvalue weighted by Gasteiger charge is 2.23. The SMILES string of the molecule is COc1ccc(CCN(C)Cc2ccc(C(C)(F)F)cc2)cc1C. The van der Waals surface area contributed by atoms with E-state index < -0.39 is 5.92 Å². The van der Waals surface area contributed by atoms with Crippen LogP contribution < -0.4 is 4.74 Å². The number of hydrogen-bond donors (Lipinski definition) is 0. The highest BCUT2D eigenvalue weighted by molar-refractivity contribution is 5.36. The smallest absolute Gasteiger partial charge is 0.270 e. The lowest BCUT2D eigenvalue weighted by Gasteiger charge is -2.18. The van der Waals surface area contributed by atoms with E-state index in [0.717, 1.165) is 43.3 Å². The van der Waals surface area contributed by atoms with Crippen molar-refractivity contribution < 1.29 is 13.5 Å². The molecule has 0 aliphatic carbocycles. The molecule has 0 heterocycles. The molecule has 130 valence electrons. The number of methoxy groups -OCH3 is 1. The fourth-order valence-electron chi connectivity index (χ4n) is 2.71. The third-order valence-electron chi connectivity index (χ3n) is 4.15. The lowest BCUT2D eigenvalue weighted by Crippen LogP contribution is -2.20. The summed E-state index contributed by atoms with van der Waals surface area (Å²) in [6.07, 6.45) is 0.937. The van der Waals surface area contributed by atoms with Gasteiger partial charge >= 0.3 is 0 Å². The average Bonchev–Trinajstić information content (AvgIpc) is 2.53. The Morgan fingerprint density at radius 2 is 1.67 bits per heavy atom. The summed E-state index contributed by atoms with van der Waals surface area (Å²) in [5.74, 6) is -1.88. The van der Waals surface area contributed by atoms with E-state index in [9.17, 15) is 8.78 Å². The molecule has 2 nitrogen and oxygen atoms in total. The second kappa shape index (κ2) is 7.75. The quantitative estimate of drug-likeness (QED) is 0.722. The number of ether oxygens (including phenoxy) is 1. The zero-order valence-corrected chi connectivity index (χ0v) is 14.8. The van der Waals surface area contributed by atoms with Crippen LogP contribution in [0.15, 0.2) is 42.5 Å². The van der Waals surface area contributed by atoms with Gasteiger partial charge in [0, 0.05) is 25.6 Å². The fraction of sp³-hybridized carbons (Fsp3) is 0.400. The molecule has 0 radical (unpaired) electrons. The molecule has 2 aromatic rings. The van der Waals surface area contributed by atoms with Gasteiger partial charge in [0.2, 0.25) is 0 Å². The third-order valence-corrected chi connectivity index (χ3v) is 4.15. The van der Waals surface area contributed by atoms with Crippen molar-refractivity contribution in [3.63, 3.8) is 0 Å². The van der Waals surface area contributed by atoms with Crippen LogP contribution in [-0.2, 0) is 18.9 Å². The van der Waals surface area contributed by atoms with Gasteiger partial charge in [-0.2, -0.15) is 0 Å². The first kappa shape index (κ1) is 18.4. The van der Waals surface area contributed by atoms with Crippen LogP contribution in [0.5, 0.6) is 5.75 Å². The Labute approximate surface area is 143 Å². The van der Waals surface area contributed by atoms with Gasteiger partial charge in [-0.05, 0) is 43.1 Å². The third kappa shape index (κ3) is 5.03. The monoisotopic (exact) mass is 333 g/mol. The van der Waals surface area contributed by atoms with Crippen molar-refractivity contribution in [2.75, 3.05) is 20.7 Å². The van der Waals surface area contributed by atoms with Crippen LogP contribution in [0.1, 0.15) is 29.2 Å². The van der Waals surface area contributed by atoms with Crippen LogP contribution in [0.4, 0.5) is 8.78 Å². The molecular formula is C20H25F2NO. The molecule has 0 unspecified atom stereocenters. The van der Waals surface area contributed by atoms with E-state index >= 15 is 0 Å². The number of alkyl halides is 2. The van der Waals surface area contributed by atoms with Crippen molar-refractivity contribution in [3.05, 3.63) is 64.7 Å². The van der Waals surface area contributed by atoms with Crippen LogP contribution in [-0.4, -0.2) is 25.6 Å². The molecule has 0 spiro atoms. The Hall–Kier alpha value is -1.94. The molecule has 0 aliphatic heterocycles. The van der Waals surface area contributed by atoms with Gasteiger partial charge in [-0.1, -0.05) is 36.4 Å². The van der Waals surface area contributed by atoms with Crippen LogP contribution in [0.25, 0.3) is 0 Å². The van der Waals surface area contributed by atoms with Gasteiger partial charge < -0.3 is 9.64 Å². The van der Waals surface area contributed by atoms with Gasteiger partial charge in [0.15, 0.2) is 0 Å². The maximum absolute atomic E-state index is 13.2. The van der Waals surface area contributed by atoms with Crippen LogP contribution >= 0.6 is 0 Å². The molecule has 4 heteroatoms. The predicted octanol–water partition coefficient (Wildman–Crippen LogP) is 4.79. The zero-order valence-electron chi connectivity index (χ0n) is 14.8. The van der Waals surface area contributed by atoms with Gasteiger partial charge in [0.05, 0.1) is 7.11 Å². The Morgan fingerprint density at radius 1 is 1.04 bits per heavy atom. The van der Waals surface area contributed by atoms with E-state index in [-0.39, 0.29) is 5.56 Å². The minimum absolute atomic E-state index is 0.0580. The van der Waals surface area contributed by atoms with Crippen molar-refractivity contribution >= 4 is 0 Å². The molecule has 24 heavy (non-hydrogen) atoms. The first-order valence-electron chi connectivity index (χ1n) is 8.09. The average molecular weight is 333 g/mol. The van der Waals surface area contributed by atoms with E-state index in [2.05, 4.69) is 17.0 Å². The summed E-state index contributed by atoms with van der Waals surface area (Å²) in [5, 5.41) is 0. The van der Waals surface area contributed by atoms with Crippen molar-refractivity contribution in [2.45, 2.75) is 32.7 Å². The Morgan fingerprint density at radius 3 is 2.21 bits per heavy atom. The van der Waals surface area contributed by atoms with Gasteiger partial charge in [0.25, 0.3) is 5.92 Å². The summed E-state index contributed by atoms with van der Waals surface area (Å²) >= 11 is 0. The van der Waals surface area contributed by atoms with Crippen LogP contribution in [0, 0.1) is 6.92 Å². The van der Waals surface area contributed by atoms with Crippen LogP contribution in [0.3, 0.4) is 0 Å². The predicted molar refractivity (Wildman–Crippen MR) is 93.8 cm³/mol. The first-order chi connectivity index (χ1) is 11.3. The summed E-state index contributed by atoms with van der Waals surface area (Å²) in [5.41, 5.74) is 3.49. The van der Waals surface area contributed by atoms with E-state index in [1.165, 1.54) is 17.7 Å². The molecule has 0 saturated heterocycles. The number of halogens is 2. The second-order valence-electron chi connectivity index (χ2n) is 6.38. The fourth-order valence-corrected chi connectivity index (χ4v) is 2.71. The van der Waals surface area contributed by atoms with E-state index in [1.807, 2.05) is 20.0 Å². The molecule has 2 rings (SSSR count). The molecule has 0 fully saturated rings. The molecule has 0 bridgehead atoms. The largest absolute Gasteiger partial charge is 0.496 e. The Bertz CT molecular complexity index is 662. The Kier molecular flexibility index (Phi) is 5.94. The highest BCUT2D eigenvalue weighted by Crippen LogP contribution is 2.27. The van der Waals surface area contributed by atoms with E-state index in [4.69, 9.17) is 4.74 Å². The van der Waals surface area contributed by atoms with Crippen molar-refractivity contribution in [2.24, 2.45) is 0 Å². The number of likely N-dealkylation sites (N-methyl/N-ethyl adjacent to an activating group) is 1. The minimum atomic E-state index is -2.78. The van der Waals surface area contributed by atoms with E-state index in [0.29, 0.717) is 0 Å². The number of rotatable bonds is 7. The van der Waals surface area contributed by atoms with Gasteiger partial charge in [-0.15, -0.1) is 0 Å². The van der Waals surface area contributed by atoms with Crippen molar-refractivity contribution in [1.82, 2.24) is 4.90 Å². The molecule has 2 aromatic carbocycles. The molecule has 0 saturated carbocycles. The van der Waals surface area contributed by atoms with Crippen molar-refractivity contribution in [1.29, 1.82) is 0 Å². The molecular weight excluding hydrogens is 308 g/mol. The van der Waals surface area contributed by atoms with Gasteiger partial charge in [-0.25, -0.2) is 8.78 Å². The lowest BCUT2D eigenvalue weighted by molar-refractivity contribution is 0.0174. The summed E-state index contributed by atoms with van der Waals surface area (Å²) < 4.78 is 31.7. The summed E-state index contributed by atoms with van der Waals surface area (Å²) in [7, 11) is 3.72. The summed E-state index contributed by atoms with van der Waals surface area (Å²) in [4.78, 5) is 2.19. The number of hydrogen-bond acceptors (Lipinski definition) is 2. The van der Waals surface area contributed by atoms with Crippen LogP contribution in [0.2, 0.25) is 0 Å². The lowest BCUT2D eigenvalue weighted by atomic mass is 10.1. The number of benzene rings is 2. The highest BCUT2D eigenvalue weighted by atomic mass is 19.3. The van der Waals surface area contributed by atoms with Crippen molar-refractivity contribution in [3.8, 4) is 5.75 Å². The second-order valence-corrected chi connectivity index (χ2v) is 6.38. The first-order valence-corrected chi connectivity index (χ1v) is 8.09. The molecule has 0 aliphatic rings. The Balaban J connectivity index is 1.89. The summed E-state index contributed by atoms with van der Waals surface area (Å²) in [6.45, 7) is 4.60. The standard InChI is InChI=1S/C20H25F2NO/c1-15-13-16(7-10-19(15)24-4)11-12-23(3)14-17-5-8-18(9-6-17)20(2,21)22/h5-10,13H,11-12,14H2,1-4H3. The molecule has 0 N–H and O–H groups in total. The molecule has 0 atom stereocenters. The maximum atomic E-state index is 13.2. The molecule has 0 amide bonds.